The van der Waals surface area contributed by atoms with Crippen molar-refractivity contribution < 1.29 is 0 Å². The molecule has 0 aliphatic carbocycles. The molecule has 1 aromatic rings. The minimum Gasteiger partial charge on any atom is -0.357 e. The molecule has 0 bridgehead atoms. The minimum atomic E-state index is 0.0146. The molecule has 0 atom stereocenters. The summed E-state index contributed by atoms with van der Waals surface area (Å²) in [6.45, 7) is 9.99. The third-order valence-electron chi connectivity index (χ3n) is 2.17. The van der Waals surface area contributed by atoms with E-state index in [-0.39, 0.29) is 5.54 Å². The Hall–Kier alpha value is -1.03. The zero-order chi connectivity index (χ0) is 13.6. The lowest BCUT2D eigenvalue weighted by atomic mass is 10.1. The van der Waals surface area contributed by atoms with Crippen LogP contribution in [0.2, 0.25) is 0 Å². The van der Waals surface area contributed by atoms with Crippen LogP contribution in [0.25, 0.3) is 0 Å². The smallest absolute Gasteiger partial charge is 0.191 e. The predicted molar refractivity (Wildman–Crippen MR) is 81.8 cm³/mol. The molecule has 0 aromatic heterocycles. The van der Waals surface area contributed by atoms with Gasteiger partial charge in [0.2, 0.25) is 0 Å². The lowest BCUT2D eigenvalue weighted by Crippen LogP contribution is -2.47. The Kier molecular flexibility index (Phi) is 5.66. The van der Waals surface area contributed by atoms with Crippen LogP contribution in [0.1, 0.15) is 33.3 Å². The monoisotopic (exact) mass is 311 g/mol. The summed E-state index contributed by atoms with van der Waals surface area (Å²) >= 11 is 3.43. The van der Waals surface area contributed by atoms with Crippen LogP contribution < -0.4 is 10.6 Å². The van der Waals surface area contributed by atoms with Crippen molar-refractivity contribution in [1.29, 1.82) is 0 Å². The van der Waals surface area contributed by atoms with Gasteiger partial charge in [0.1, 0.15) is 0 Å². The number of halogens is 1. The van der Waals surface area contributed by atoms with Crippen molar-refractivity contribution in [3.8, 4) is 0 Å². The van der Waals surface area contributed by atoms with E-state index in [1.165, 1.54) is 5.56 Å². The first-order valence-electron chi connectivity index (χ1n) is 6.21. The fourth-order valence-electron chi connectivity index (χ4n) is 1.42. The molecular formula is C14H22BrN3. The Bertz CT molecular complexity index is 390. The van der Waals surface area contributed by atoms with E-state index in [1.54, 1.807) is 0 Å². The van der Waals surface area contributed by atoms with Gasteiger partial charge in [-0.25, -0.2) is 4.99 Å². The van der Waals surface area contributed by atoms with Crippen LogP contribution >= 0.6 is 15.9 Å². The molecule has 1 rings (SSSR count). The summed E-state index contributed by atoms with van der Waals surface area (Å²) in [5.74, 6) is 0.855. The Morgan fingerprint density at radius 1 is 1.22 bits per heavy atom. The van der Waals surface area contributed by atoms with Gasteiger partial charge in [-0.15, -0.1) is 0 Å². The van der Waals surface area contributed by atoms with Crippen LogP contribution in [0, 0.1) is 0 Å². The van der Waals surface area contributed by atoms with Gasteiger partial charge in [-0.05, 0) is 45.4 Å². The van der Waals surface area contributed by atoms with Gasteiger partial charge in [0.25, 0.3) is 0 Å². The quantitative estimate of drug-likeness (QED) is 0.664. The molecule has 4 heteroatoms. The fourth-order valence-corrected chi connectivity index (χ4v) is 1.69. The number of nitrogens with one attached hydrogen (secondary N) is 2. The maximum atomic E-state index is 4.58. The second-order valence-corrected chi connectivity index (χ2v) is 6.11. The zero-order valence-corrected chi connectivity index (χ0v) is 13.1. The molecule has 1 aromatic carbocycles. The topological polar surface area (TPSA) is 36.4 Å². The van der Waals surface area contributed by atoms with Gasteiger partial charge >= 0.3 is 0 Å². The van der Waals surface area contributed by atoms with Crippen molar-refractivity contribution in [3.05, 3.63) is 34.3 Å². The number of benzene rings is 1. The van der Waals surface area contributed by atoms with E-state index in [0.29, 0.717) is 6.54 Å². The number of hydrogen-bond donors (Lipinski definition) is 2. The van der Waals surface area contributed by atoms with Gasteiger partial charge < -0.3 is 10.6 Å². The molecular weight excluding hydrogens is 290 g/mol. The molecule has 0 radical (unpaired) electrons. The van der Waals surface area contributed by atoms with E-state index in [9.17, 15) is 0 Å². The van der Waals surface area contributed by atoms with E-state index >= 15 is 0 Å². The summed E-state index contributed by atoms with van der Waals surface area (Å²) in [7, 11) is 0. The summed E-state index contributed by atoms with van der Waals surface area (Å²) in [4.78, 5) is 4.58. The van der Waals surface area contributed by atoms with Crippen LogP contribution in [0.5, 0.6) is 0 Å². The average Bonchev–Trinajstić information content (AvgIpc) is 2.26. The molecule has 3 nitrogen and oxygen atoms in total. The van der Waals surface area contributed by atoms with Crippen molar-refractivity contribution in [2.45, 2.75) is 39.8 Å². The minimum absolute atomic E-state index is 0.0146. The molecule has 0 aliphatic rings. The highest BCUT2D eigenvalue weighted by Crippen LogP contribution is 2.11. The van der Waals surface area contributed by atoms with Crippen molar-refractivity contribution >= 4 is 21.9 Å². The third kappa shape index (κ3) is 6.05. The molecule has 0 amide bonds. The van der Waals surface area contributed by atoms with E-state index in [0.717, 1.165) is 17.0 Å². The van der Waals surface area contributed by atoms with Crippen LogP contribution in [0.4, 0.5) is 0 Å². The Labute approximate surface area is 118 Å². The maximum Gasteiger partial charge on any atom is 0.191 e. The van der Waals surface area contributed by atoms with E-state index < -0.39 is 0 Å². The van der Waals surface area contributed by atoms with Gasteiger partial charge in [-0.1, -0.05) is 28.1 Å². The highest BCUT2D eigenvalue weighted by atomic mass is 79.9. The highest BCUT2D eigenvalue weighted by Gasteiger charge is 2.11. The van der Waals surface area contributed by atoms with Crippen molar-refractivity contribution in [2.24, 2.45) is 4.99 Å². The molecule has 0 saturated heterocycles. The lowest BCUT2D eigenvalue weighted by Gasteiger charge is -2.23. The van der Waals surface area contributed by atoms with E-state index in [4.69, 9.17) is 0 Å². The van der Waals surface area contributed by atoms with Crippen molar-refractivity contribution in [1.82, 2.24) is 10.6 Å². The normalized spacial score (nSPS) is 12.4. The SMILES string of the molecule is CCNC(=NCc1ccc(Br)cc1)NC(C)(C)C. The van der Waals surface area contributed by atoms with Crippen LogP contribution in [-0.2, 0) is 6.54 Å². The maximum absolute atomic E-state index is 4.58. The molecule has 2 N–H and O–H groups in total. The average molecular weight is 312 g/mol. The molecule has 0 saturated carbocycles. The van der Waals surface area contributed by atoms with Crippen LogP contribution in [0.15, 0.2) is 33.7 Å². The number of rotatable bonds is 3. The largest absolute Gasteiger partial charge is 0.357 e. The Balaban J connectivity index is 2.67. The third-order valence-corrected chi connectivity index (χ3v) is 2.70. The van der Waals surface area contributed by atoms with Gasteiger partial charge in [-0.2, -0.15) is 0 Å². The van der Waals surface area contributed by atoms with E-state index in [2.05, 4.69) is 71.4 Å². The first-order chi connectivity index (χ1) is 8.40. The van der Waals surface area contributed by atoms with Gasteiger partial charge in [0, 0.05) is 16.6 Å². The lowest BCUT2D eigenvalue weighted by molar-refractivity contribution is 0.501. The predicted octanol–water partition coefficient (Wildman–Crippen LogP) is 3.30. The van der Waals surface area contributed by atoms with Crippen LogP contribution in [0.3, 0.4) is 0 Å². The molecule has 0 aliphatic heterocycles. The summed E-state index contributed by atoms with van der Waals surface area (Å²) in [5, 5.41) is 6.62. The molecule has 0 fully saturated rings. The van der Waals surface area contributed by atoms with Crippen molar-refractivity contribution in [2.75, 3.05) is 6.54 Å². The number of hydrogen-bond acceptors (Lipinski definition) is 1. The fraction of sp³-hybridized carbons (Fsp3) is 0.500. The van der Waals surface area contributed by atoms with Gasteiger partial charge in [0.05, 0.1) is 6.54 Å². The van der Waals surface area contributed by atoms with Crippen molar-refractivity contribution in [3.63, 3.8) is 0 Å². The number of aliphatic imine (C=N–C) groups is 1. The van der Waals surface area contributed by atoms with Gasteiger partial charge in [0.15, 0.2) is 5.96 Å². The molecule has 0 spiro atoms. The zero-order valence-electron chi connectivity index (χ0n) is 11.5. The molecule has 0 unspecified atom stereocenters. The molecule has 0 heterocycles. The molecule has 100 valence electrons. The summed E-state index contributed by atoms with van der Waals surface area (Å²) in [6, 6.07) is 8.23. The summed E-state index contributed by atoms with van der Waals surface area (Å²) < 4.78 is 1.09. The first-order valence-corrected chi connectivity index (χ1v) is 7.01. The summed E-state index contributed by atoms with van der Waals surface area (Å²) in [6.07, 6.45) is 0. The highest BCUT2D eigenvalue weighted by molar-refractivity contribution is 9.10. The standard InChI is InChI=1S/C14H22BrN3/c1-5-16-13(18-14(2,3)4)17-10-11-6-8-12(15)9-7-11/h6-9H,5,10H2,1-4H3,(H2,16,17,18). The second kappa shape index (κ2) is 6.78. The Morgan fingerprint density at radius 3 is 2.33 bits per heavy atom. The Morgan fingerprint density at radius 2 is 1.83 bits per heavy atom. The second-order valence-electron chi connectivity index (χ2n) is 5.20. The number of nitrogens with zero attached hydrogens (tertiary/aromatic N) is 1. The summed E-state index contributed by atoms with van der Waals surface area (Å²) in [5.41, 5.74) is 1.21. The van der Waals surface area contributed by atoms with Gasteiger partial charge in [-0.3, -0.25) is 0 Å². The van der Waals surface area contributed by atoms with Crippen LogP contribution in [-0.4, -0.2) is 18.0 Å². The number of guanidine groups is 1. The molecule has 18 heavy (non-hydrogen) atoms. The van der Waals surface area contributed by atoms with E-state index in [1.807, 2.05) is 12.1 Å². The first kappa shape index (κ1) is 15.0.